The standard InChI is InChI=1S/C23H41NO4/c1-3-4-5-6-9-12-17-27-18-20-19(21-15-16-22(20)28-21)13-10-7-8-11-14-23(25)24(2)26/h7,10,19-22,26H,3-6,8-9,11-18H2,1-2H3/t19-,20+,21-,22+/m0/s1. The summed E-state index contributed by atoms with van der Waals surface area (Å²) in [7, 11) is 1.38. The van der Waals surface area contributed by atoms with Crippen molar-refractivity contribution in [2.75, 3.05) is 20.3 Å². The van der Waals surface area contributed by atoms with Crippen molar-refractivity contribution in [3.63, 3.8) is 0 Å². The van der Waals surface area contributed by atoms with Crippen LogP contribution in [0.5, 0.6) is 0 Å². The Kier molecular flexibility index (Phi) is 11.1. The molecule has 2 saturated heterocycles. The number of hydrogen-bond acceptors (Lipinski definition) is 4. The van der Waals surface area contributed by atoms with Crippen LogP contribution in [0.15, 0.2) is 12.2 Å². The molecule has 2 bridgehead atoms. The highest BCUT2D eigenvalue weighted by molar-refractivity contribution is 5.74. The minimum Gasteiger partial charge on any atom is -0.381 e. The van der Waals surface area contributed by atoms with Crippen molar-refractivity contribution in [1.82, 2.24) is 5.06 Å². The monoisotopic (exact) mass is 395 g/mol. The van der Waals surface area contributed by atoms with Crippen LogP contribution < -0.4 is 0 Å². The van der Waals surface area contributed by atoms with E-state index in [1.807, 2.05) is 0 Å². The Hall–Kier alpha value is -0.910. The van der Waals surface area contributed by atoms with Gasteiger partial charge in [-0.3, -0.25) is 10.0 Å². The van der Waals surface area contributed by atoms with Crippen LogP contribution >= 0.6 is 0 Å². The van der Waals surface area contributed by atoms with Crippen LogP contribution in [0.1, 0.15) is 84.0 Å². The normalized spacial score (nSPS) is 26.4. The number of amides is 1. The lowest BCUT2D eigenvalue weighted by atomic mass is 9.78. The van der Waals surface area contributed by atoms with Gasteiger partial charge in [0.15, 0.2) is 0 Å². The zero-order valence-electron chi connectivity index (χ0n) is 18.0. The Morgan fingerprint density at radius 2 is 1.79 bits per heavy atom. The first-order chi connectivity index (χ1) is 13.6. The topological polar surface area (TPSA) is 59.0 Å². The molecule has 0 aromatic carbocycles. The summed E-state index contributed by atoms with van der Waals surface area (Å²) in [5.41, 5.74) is 0. The van der Waals surface area contributed by atoms with Crippen molar-refractivity contribution < 1.29 is 19.5 Å². The van der Waals surface area contributed by atoms with Crippen molar-refractivity contribution in [3.05, 3.63) is 12.2 Å². The van der Waals surface area contributed by atoms with Crippen LogP contribution in [0, 0.1) is 11.8 Å². The van der Waals surface area contributed by atoms with E-state index in [1.54, 1.807) is 0 Å². The summed E-state index contributed by atoms with van der Waals surface area (Å²) in [6, 6.07) is 0. The van der Waals surface area contributed by atoms with Gasteiger partial charge in [-0.15, -0.1) is 0 Å². The highest BCUT2D eigenvalue weighted by Gasteiger charge is 2.48. The van der Waals surface area contributed by atoms with Crippen LogP contribution in [0.4, 0.5) is 0 Å². The van der Waals surface area contributed by atoms with E-state index in [-0.39, 0.29) is 5.91 Å². The molecule has 0 aromatic heterocycles. The van der Waals surface area contributed by atoms with Gasteiger partial charge >= 0.3 is 0 Å². The highest BCUT2D eigenvalue weighted by atomic mass is 16.5. The fourth-order valence-electron chi connectivity index (χ4n) is 4.54. The Labute approximate surface area is 171 Å². The van der Waals surface area contributed by atoms with Gasteiger partial charge in [0, 0.05) is 26.0 Å². The second-order valence-corrected chi connectivity index (χ2v) is 8.48. The third kappa shape index (κ3) is 7.84. The van der Waals surface area contributed by atoms with Crippen molar-refractivity contribution in [2.45, 2.75) is 96.2 Å². The number of unbranched alkanes of at least 4 members (excludes halogenated alkanes) is 6. The average Bonchev–Trinajstić information content (AvgIpc) is 3.28. The maximum atomic E-state index is 11.3. The van der Waals surface area contributed by atoms with E-state index < -0.39 is 0 Å². The summed E-state index contributed by atoms with van der Waals surface area (Å²) in [5, 5.41) is 9.72. The smallest absolute Gasteiger partial charge is 0.245 e. The van der Waals surface area contributed by atoms with Gasteiger partial charge in [-0.2, -0.15) is 0 Å². The van der Waals surface area contributed by atoms with E-state index in [0.29, 0.717) is 35.5 Å². The number of carbonyl (C=O) groups excluding carboxylic acids is 1. The molecule has 4 atom stereocenters. The molecule has 0 saturated carbocycles. The summed E-state index contributed by atoms with van der Waals surface area (Å²) < 4.78 is 12.2. The predicted molar refractivity (Wildman–Crippen MR) is 111 cm³/mol. The molecule has 1 N–H and O–H groups in total. The Morgan fingerprint density at radius 3 is 2.54 bits per heavy atom. The van der Waals surface area contributed by atoms with Crippen molar-refractivity contribution in [1.29, 1.82) is 0 Å². The van der Waals surface area contributed by atoms with Crippen LogP contribution in [0.2, 0.25) is 0 Å². The SMILES string of the molecule is CCCCCCCCOC[C@@H]1[C@H](CC=CCCCC(=O)N(C)O)[C@@H]2CC[C@H]1O2. The number of nitrogens with zero attached hydrogens (tertiary/aromatic N) is 1. The summed E-state index contributed by atoms with van der Waals surface area (Å²) in [6.07, 6.45) is 18.5. The second-order valence-electron chi connectivity index (χ2n) is 8.48. The average molecular weight is 396 g/mol. The molecular weight excluding hydrogens is 354 g/mol. The van der Waals surface area contributed by atoms with E-state index in [9.17, 15) is 4.79 Å². The molecule has 0 unspecified atom stereocenters. The molecule has 2 rings (SSSR count). The van der Waals surface area contributed by atoms with Gasteiger partial charge < -0.3 is 9.47 Å². The maximum absolute atomic E-state index is 11.3. The number of carbonyl (C=O) groups is 1. The number of ether oxygens (including phenoxy) is 2. The molecule has 162 valence electrons. The molecule has 2 aliphatic rings. The molecule has 5 heteroatoms. The summed E-state index contributed by atoms with van der Waals surface area (Å²) in [6.45, 7) is 3.98. The first-order valence-electron chi connectivity index (χ1n) is 11.5. The van der Waals surface area contributed by atoms with Crippen molar-refractivity contribution in [3.8, 4) is 0 Å². The number of hydrogen-bond donors (Lipinski definition) is 1. The van der Waals surface area contributed by atoms with Gasteiger partial charge in [0.2, 0.25) is 5.91 Å². The lowest BCUT2D eigenvalue weighted by Crippen LogP contribution is -2.30. The minimum absolute atomic E-state index is 0.225. The number of rotatable bonds is 15. The molecule has 0 aliphatic carbocycles. The van der Waals surface area contributed by atoms with Gasteiger partial charge in [-0.05, 0) is 44.4 Å². The van der Waals surface area contributed by atoms with Gasteiger partial charge in [0.05, 0.1) is 18.8 Å². The van der Waals surface area contributed by atoms with Crippen LogP contribution in [-0.2, 0) is 14.3 Å². The van der Waals surface area contributed by atoms with Gasteiger partial charge in [0.1, 0.15) is 0 Å². The number of allylic oxidation sites excluding steroid dienone is 2. The fourth-order valence-corrected chi connectivity index (χ4v) is 4.54. The minimum atomic E-state index is -0.225. The Bertz CT molecular complexity index is 466. The molecule has 2 fully saturated rings. The quantitative estimate of drug-likeness (QED) is 0.181. The zero-order chi connectivity index (χ0) is 20.2. The summed E-state index contributed by atoms with van der Waals surface area (Å²) in [5.74, 6) is 0.885. The lowest BCUT2D eigenvalue weighted by molar-refractivity contribution is -0.159. The van der Waals surface area contributed by atoms with Gasteiger partial charge in [-0.25, -0.2) is 5.06 Å². The molecule has 5 nitrogen and oxygen atoms in total. The molecular formula is C23H41NO4. The fraction of sp³-hybridized carbons (Fsp3) is 0.870. The molecule has 2 heterocycles. The molecule has 2 aliphatic heterocycles. The van der Waals surface area contributed by atoms with Gasteiger partial charge in [-0.1, -0.05) is 51.2 Å². The molecule has 0 aromatic rings. The predicted octanol–water partition coefficient (Wildman–Crippen LogP) is 5.12. The van der Waals surface area contributed by atoms with E-state index in [0.717, 1.165) is 32.5 Å². The van der Waals surface area contributed by atoms with E-state index in [4.69, 9.17) is 14.7 Å². The summed E-state index contributed by atoms with van der Waals surface area (Å²) >= 11 is 0. The van der Waals surface area contributed by atoms with E-state index in [2.05, 4.69) is 19.1 Å². The second kappa shape index (κ2) is 13.3. The summed E-state index contributed by atoms with van der Waals surface area (Å²) in [4.78, 5) is 11.3. The van der Waals surface area contributed by atoms with Crippen LogP contribution in [0.25, 0.3) is 0 Å². The molecule has 0 radical (unpaired) electrons. The molecule has 1 amide bonds. The van der Waals surface area contributed by atoms with E-state index in [1.165, 1.54) is 58.4 Å². The maximum Gasteiger partial charge on any atom is 0.245 e. The van der Waals surface area contributed by atoms with E-state index >= 15 is 0 Å². The van der Waals surface area contributed by atoms with Crippen molar-refractivity contribution in [2.24, 2.45) is 11.8 Å². The number of fused-ring (bicyclic) bond motifs is 2. The first-order valence-corrected chi connectivity index (χ1v) is 11.5. The lowest BCUT2D eigenvalue weighted by Gasteiger charge is -2.27. The van der Waals surface area contributed by atoms with Gasteiger partial charge in [0.25, 0.3) is 0 Å². The van der Waals surface area contributed by atoms with Crippen LogP contribution in [0.3, 0.4) is 0 Å². The number of hydroxylamine groups is 2. The zero-order valence-corrected chi connectivity index (χ0v) is 18.0. The largest absolute Gasteiger partial charge is 0.381 e. The van der Waals surface area contributed by atoms with Crippen molar-refractivity contribution >= 4 is 5.91 Å². The first kappa shape index (κ1) is 23.4. The molecule has 28 heavy (non-hydrogen) atoms. The Morgan fingerprint density at radius 1 is 1.07 bits per heavy atom. The highest BCUT2D eigenvalue weighted by Crippen LogP contribution is 2.45. The third-order valence-corrected chi connectivity index (χ3v) is 6.24. The third-order valence-electron chi connectivity index (χ3n) is 6.24. The Balaban J connectivity index is 1.60. The van der Waals surface area contributed by atoms with Crippen LogP contribution in [-0.4, -0.2) is 48.6 Å². The molecule has 0 spiro atoms.